The number of hydrogen-bond donors (Lipinski definition) is 0. The van der Waals surface area contributed by atoms with Crippen LogP contribution in [0.5, 0.6) is 5.75 Å². The zero-order chi connectivity index (χ0) is 15.4. The van der Waals surface area contributed by atoms with E-state index >= 15 is 0 Å². The second kappa shape index (κ2) is 6.49. The molecule has 0 aromatic heterocycles. The van der Waals surface area contributed by atoms with E-state index in [2.05, 4.69) is 0 Å². The van der Waals surface area contributed by atoms with Gasteiger partial charge in [0.15, 0.2) is 6.61 Å². The van der Waals surface area contributed by atoms with E-state index in [0.717, 1.165) is 18.2 Å². The number of nitro groups is 1. The summed E-state index contributed by atoms with van der Waals surface area (Å²) in [5.74, 6) is -1.23. The average molecular weight is 298 g/mol. The molecule has 1 fully saturated rings. The predicted molar refractivity (Wildman–Crippen MR) is 70.5 cm³/mol. The number of nitrogens with zero attached hydrogens (tertiary/aromatic N) is 2. The quantitative estimate of drug-likeness (QED) is 0.619. The molecule has 114 valence electrons. The van der Waals surface area contributed by atoms with Crippen molar-refractivity contribution in [1.82, 2.24) is 4.90 Å². The van der Waals surface area contributed by atoms with E-state index in [9.17, 15) is 19.3 Å². The van der Waals surface area contributed by atoms with Crippen LogP contribution < -0.4 is 4.74 Å². The summed E-state index contributed by atoms with van der Waals surface area (Å²) in [5.41, 5.74) is -0.375. The molecule has 1 amide bonds. The maximum Gasteiger partial charge on any atom is 0.311 e. The lowest BCUT2D eigenvalue weighted by atomic mass is 10.3. The summed E-state index contributed by atoms with van der Waals surface area (Å²) in [6.45, 7) is 2.78. The maximum atomic E-state index is 13.1. The first kappa shape index (κ1) is 15.2. The number of morpholine rings is 1. The fourth-order valence-electron chi connectivity index (χ4n) is 2.03. The molecule has 1 atom stereocenters. The van der Waals surface area contributed by atoms with Crippen molar-refractivity contribution in [2.75, 3.05) is 26.3 Å². The molecule has 7 nitrogen and oxygen atoms in total. The summed E-state index contributed by atoms with van der Waals surface area (Å²) in [7, 11) is 0. The van der Waals surface area contributed by atoms with Crippen molar-refractivity contribution in [3.8, 4) is 5.75 Å². The van der Waals surface area contributed by atoms with Gasteiger partial charge in [-0.05, 0) is 13.0 Å². The Morgan fingerprint density at radius 1 is 1.62 bits per heavy atom. The lowest BCUT2D eigenvalue weighted by Gasteiger charge is -2.31. The number of amides is 1. The molecule has 1 aromatic rings. The summed E-state index contributed by atoms with van der Waals surface area (Å²) in [6, 6.07) is 2.87. The van der Waals surface area contributed by atoms with E-state index in [1.807, 2.05) is 6.92 Å². The molecule has 0 saturated carbocycles. The molecule has 1 aliphatic heterocycles. The first-order chi connectivity index (χ1) is 9.97. The summed E-state index contributed by atoms with van der Waals surface area (Å²) in [4.78, 5) is 23.6. The van der Waals surface area contributed by atoms with Crippen LogP contribution in [0.2, 0.25) is 0 Å². The van der Waals surface area contributed by atoms with Gasteiger partial charge in [0, 0.05) is 25.2 Å². The first-order valence-electron chi connectivity index (χ1n) is 6.43. The van der Waals surface area contributed by atoms with Gasteiger partial charge in [0.2, 0.25) is 5.75 Å². The van der Waals surface area contributed by atoms with E-state index < -0.39 is 10.7 Å². The summed E-state index contributed by atoms with van der Waals surface area (Å²) in [5, 5.41) is 10.8. The van der Waals surface area contributed by atoms with Crippen LogP contribution in [-0.4, -0.2) is 48.1 Å². The zero-order valence-electron chi connectivity index (χ0n) is 11.5. The summed E-state index contributed by atoms with van der Waals surface area (Å²) < 4.78 is 23.6. The van der Waals surface area contributed by atoms with Gasteiger partial charge in [0.25, 0.3) is 5.91 Å². The Bertz CT molecular complexity index is 551. The Labute approximate surface area is 120 Å². The molecular formula is C13H15FN2O5. The molecule has 1 aliphatic rings. The third-order valence-electron chi connectivity index (χ3n) is 3.06. The van der Waals surface area contributed by atoms with E-state index in [1.54, 1.807) is 4.90 Å². The van der Waals surface area contributed by atoms with Gasteiger partial charge >= 0.3 is 5.69 Å². The molecule has 0 N–H and O–H groups in total. The molecule has 0 bridgehead atoms. The predicted octanol–water partition coefficient (Wildman–Crippen LogP) is 1.36. The van der Waals surface area contributed by atoms with Crippen LogP contribution in [-0.2, 0) is 9.53 Å². The highest BCUT2D eigenvalue weighted by Crippen LogP contribution is 2.27. The molecule has 21 heavy (non-hydrogen) atoms. The number of hydrogen-bond acceptors (Lipinski definition) is 5. The molecule has 0 unspecified atom stereocenters. The number of carbonyl (C=O) groups is 1. The molecule has 8 heteroatoms. The molecule has 0 aliphatic carbocycles. The second-order valence-electron chi connectivity index (χ2n) is 4.68. The molecule has 1 aromatic carbocycles. The van der Waals surface area contributed by atoms with Crippen molar-refractivity contribution < 1.29 is 23.6 Å². The third-order valence-corrected chi connectivity index (χ3v) is 3.06. The number of halogens is 1. The van der Waals surface area contributed by atoms with Crippen LogP contribution >= 0.6 is 0 Å². The van der Waals surface area contributed by atoms with Gasteiger partial charge < -0.3 is 14.4 Å². The van der Waals surface area contributed by atoms with Crippen molar-refractivity contribution >= 4 is 11.6 Å². The van der Waals surface area contributed by atoms with Crippen molar-refractivity contribution in [2.24, 2.45) is 0 Å². The fraction of sp³-hybridized carbons (Fsp3) is 0.462. The van der Waals surface area contributed by atoms with Crippen molar-refractivity contribution in [2.45, 2.75) is 13.0 Å². The van der Waals surface area contributed by atoms with E-state index in [4.69, 9.17) is 9.47 Å². The molecule has 2 rings (SSSR count). The Kier molecular flexibility index (Phi) is 4.69. The lowest BCUT2D eigenvalue weighted by Crippen LogP contribution is -2.46. The fourth-order valence-corrected chi connectivity index (χ4v) is 2.03. The number of carbonyl (C=O) groups excluding carboxylic acids is 1. The first-order valence-corrected chi connectivity index (χ1v) is 6.43. The van der Waals surface area contributed by atoms with Crippen LogP contribution in [0.4, 0.5) is 10.1 Å². The standard InChI is InChI=1S/C13H15FN2O5/c1-9-7-15(4-5-20-9)13(17)8-21-12-6-10(14)2-3-11(12)16(18)19/h2-3,6,9H,4-5,7-8H2,1H3/t9-/m0/s1. The Morgan fingerprint density at radius 2 is 2.38 bits per heavy atom. The number of rotatable bonds is 4. The highest BCUT2D eigenvalue weighted by atomic mass is 19.1. The molecular weight excluding hydrogens is 283 g/mol. The van der Waals surface area contributed by atoms with Gasteiger partial charge in [-0.15, -0.1) is 0 Å². The van der Waals surface area contributed by atoms with Gasteiger partial charge in [-0.1, -0.05) is 0 Å². The number of ether oxygens (including phenoxy) is 2. The minimum atomic E-state index is -0.684. The van der Waals surface area contributed by atoms with Crippen molar-refractivity contribution in [3.63, 3.8) is 0 Å². The number of benzene rings is 1. The van der Waals surface area contributed by atoms with E-state index in [0.29, 0.717) is 19.7 Å². The van der Waals surface area contributed by atoms with Gasteiger partial charge in [0.1, 0.15) is 5.82 Å². The van der Waals surface area contributed by atoms with Gasteiger partial charge in [-0.2, -0.15) is 0 Å². The Hall–Kier alpha value is -2.22. The maximum absolute atomic E-state index is 13.1. The van der Waals surface area contributed by atoms with Crippen molar-refractivity contribution in [3.05, 3.63) is 34.1 Å². The molecule has 0 spiro atoms. The highest BCUT2D eigenvalue weighted by molar-refractivity contribution is 5.78. The smallest absolute Gasteiger partial charge is 0.311 e. The average Bonchev–Trinajstić information content (AvgIpc) is 2.44. The zero-order valence-corrected chi connectivity index (χ0v) is 11.5. The minimum absolute atomic E-state index is 0.0637. The molecule has 1 saturated heterocycles. The summed E-state index contributed by atoms with van der Waals surface area (Å²) in [6.07, 6.45) is -0.0637. The molecule has 1 heterocycles. The van der Waals surface area contributed by atoms with E-state index in [1.165, 1.54) is 0 Å². The van der Waals surface area contributed by atoms with Gasteiger partial charge in [-0.3, -0.25) is 14.9 Å². The molecule has 0 radical (unpaired) electrons. The Morgan fingerprint density at radius 3 is 3.05 bits per heavy atom. The largest absolute Gasteiger partial charge is 0.477 e. The van der Waals surface area contributed by atoms with Crippen LogP contribution in [0.15, 0.2) is 18.2 Å². The lowest BCUT2D eigenvalue weighted by molar-refractivity contribution is -0.385. The van der Waals surface area contributed by atoms with Crippen LogP contribution in [0.25, 0.3) is 0 Å². The second-order valence-corrected chi connectivity index (χ2v) is 4.68. The van der Waals surface area contributed by atoms with Gasteiger partial charge in [0.05, 0.1) is 17.6 Å². The minimum Gasteiger partial charge on any atom is -0.477 e. The third kappa shape index (κ3) is 3.88. The van der Waals surface area contributed by atoms with Crippen LogP contribution in [0, 0.1) is 15.9 Å². The van der Waals surface area contributed by atoms with E-state index in [-0.39, 0.29) is 30.1 Å². The highest BCUT2D eigenvalue weighted by Gasteiger charge is 2.23. The van der Waals surface area contributed by atoms with Gasteiger partial charge in [-0.25, -0.2) is 4.39 Å². The van der Waals surface area contributed by atoms with Crippen LogP contribution in [0.1, 0.15) is 6.92 Å². The SMILES string of the molecule is C[C@H]1CN(C(=O)COc2cc(F)ccc2[N+](=O)[O-])CCO1. The normalized spacial score (nSPS) is 18.4. The van der Waals surface area contributed by atoms with Crippen LogP contribution in [0.3, 0.4) is 0 Å². The monoisotopic (exact) mass is 298 g/mol. The van der Waals surface area contributed by atoms with Crippen molar-refractivity contribution in [1.29, 1.82) is 0 Å². The topological polar surface area (TPSA) is 81.9 Å². The number of nitro benzene ring substituents is 1. The summed E-state index contributed by atoms with van der Waals surface area (Å²) >= 11 is 0. The Balaban J connectivity index is 2.00.